The first-order valence-corrected chi connectivity index (χ1v) is 8.39. The lowest BCUT2D eigenvalue weighted by Crippen LogP contribution is -2.32. The molecule has 2 bridgehead atoms. The van der Waals surface area contributed by atoms with Gasteiger partial charge in [-0.2, -0.15) is 5.10 Å². The quantitative estimate of drug-likeness (QED) is 0.670. The highest BCUT2D eigenvalue weighted by Gasteiger charge is 2.59. The molecule has 4 nitrogen and oxygen atoms in total. The molecule has 114 valence electrons. The van der Waals surface area contributed by atoms with Gasteiger partial charge in [0.25, 0.3) is 0 Å². The standard InChI is InChI=1S/C16H23N3OS/c1-9-13(10(2)20)21-14(17-9)19-18-12-8-11-6-7-16(12,5)15(11,3)4/h11H,6-8H2,1-5H3,(H,17,19)/b18-12+/t11-,16+/m0/s1. The summed E-state index contributed by atoms with van der Waals surface area (Å²) in [5, 5.41) is 5.38. The summed E-state index contributed by atoms with van der Waals surface area (Å²) in [6.45, 7) is 10.5. The van der Waals surface area contributed by atoms with Crippen LogP contribution in [0.1, 0.15) is 62.3 Å². The molecule has 1 aromatic rings. The molecule has 0 amide bonds. The van der Waals surface area contributed by atoms with Crippen LogP contribution in [0.4, 0.5) is 5.13 Å². The molecular formula is C16H23N3OS. The molecular weight excluding hydrogens is 282 g/mol. The molecule has 2 aliphatic carbocycles. The van der Waals surface area contributed by atoms with Gasteiger partial charge in [-0.15, -0.1) is 0 Å². The fraction of sp³-hybridized carbons (Fsp3) is 0.688. The minimum atomic E-state index is 0.0683. The van der Waals surface area contributed by atoms with E-state index in [0.29, 0.717) is 5.41 Å². The highest BCUT2D eigenvalue weighted by molar-refractivity contribution is 7.17. The molecule has 1 N–H and O–H groups in total. The fourth-order valence-electron chi connectivity index (χ4n) is 3.98. The molecule has 1 aromatic heterocycles. The van der Waals surface area contributed by atoms with Crippen LogP contribution in [0.25, 0.3) is 0 Å². The molecule has 0 aliphatic heterocycles. The van der Waals surface area contributed by atoms with Crippen molar-refractivity contribution in [2.45, 2.75) is 53.9 Å². The molecule has 0 aromatic carbocycles. The van der Waals surface area contributed by atoms with Gasteiger partial charge < -0.3 is 0 Å². The molecule has 2 fully saturated rings. The largest absolute Gasteiger partial charge is 0.294 e. The lowest BCUT2D eigenvalue weighted by atomic mass is 9.70. The highest BCUT2D eigenvalue weighted by atomic mass is 32.1. The summed E-state index contributed by atoms with van der Waals surface area (Å²) in [6.07, 6.45) is 3.62. The van der Waals surface area contributed by atoms with Gasteiger partial charge in [0, 0.05) is 18.1 Å². The summed E-state index contributed by atoms with van der Waals surface area (Å²) < 4.78 is 0. The van der Waals surface area contributed by atoms with Crippen LogP contribution in [0.15, 0.2) is 5.10 Å². The number of anilines is 1. The minimum Gasteiger partial charge on any atom is -0.294 e. The van der Waals surface area contributed by atoms with Gasteiger partial charge in [-0.05, 0) is 37.5 Å². The Kier molecular flexibility index (Phi) is 3.24. The van der Waals surface area contributed by atoms with Crippen LogP contribution < -0.4 is 5.43 Å². The Hall–Kier alpha value is -1.23. The number of aryl methyl sites for hydroxylation is 1. The Morgan fingerprint density at radius 1 is 1.43 bits per heavy atom. The number of fused-ring (bicyclic) bond motifs is 2. The second kappa shape index (κ2) is 4.63. The maximum atomic E-state index is 11.5. The number of thiazole rings is 1. The monoisotopic (exact) mass is 305 g/mol. The van der Waals surface area contributed by atoms with Crippen molar-refractivity contribution in [3.05, 3.63) is 10.6 Å². The van der Waals surface area contributed by atoms with E-state index in [2.05, 4.69) is 36.3 Å². The number of hydrogen-bond acceptors (Lipinski definition) is 5. The molecule has 0 unspecified atom stereocenters. The predicted octanol–water partition coefficient (Wildman–Crippen LogP) is 4.27. The molecule has 1 heterocycles. The number of carbonyl (C=O) groups excluding carboxylic acids is 1. The van der Waals surface area contributed by atoms with Gasteiger partial charge in [-0.1, -0.05) is 32.1 Å². The van der Waals surface area contributed by atoms with Gasteiger partial charge in [0.05, 0.1) is 10.6 Å². The Labute approximate surface area is 130 Å². The van der Waals surface area contributed by atoms with E-state index in [9.17, 15) is 4.79 Å². The van der Waals surface area contributed by atoms with E-state index in [1.165, 1.54) is 29.9 Å². The van der Waals surface area contributed by atoms with E-state index in [-0.39, 0.29) is 11.2 Å². The van der Waals surface area contributed by atoms with Crippen LogP contribution in [-0.2, 0) is 0 Å². The average molecular weight is 305 g/mol. The van der Waals surface area contributed by atoms with Crippen molar-refractivity contribution in [2.75, 3.05) is 5.43 Å². The van der Waals surface area contributed by atoms with Gasteiger partial charge >= 0.3 is 0 Å². The van der Waals surface area contributed by atoms with Crippen LogP contribution >= 0.6 is 11.3 Å². The second-order valence-electron chi connectivity index (χ2n) is 7.15. The zero-order chi connectivity index (χ0) is 15.4. The fourth-order valence-corrected chi connectivity index (χ4v) is 4.79. The average Bonchev–Trinajstić information content (AvgIpc) is 2.93. The van der Waals surface area contributed by atoms with Crippen molar-refractivity contribution < 1.29 is 4.79 Å². The first kappa shape index (κ1) is 14.7. The summed E-state index contributed by atoms with van der Waals surface area (Å²) in [5.74, 6) is 0.813. The van der Waals surface area contributed by atoms with Crippen molar-refractivity contribution in [3.63, 3.8) is 0 Å². The predicted molar refractivity (Wildman–Crippen MR) is 87.1 cm³/mol. The third-order valence-corrected chi connectivity index (χ3v) is 7.08. The lowest BCUT2D eigenvalue weighted by molar-refractivity contribution is 0.102. The van der Waals surface area contributed by atoms with Crippen molar-refractivity contribution >= 4 is 28.0 Å². The minimum absolute atomic E-state index is 0.0683. The zero-order valence-electron chi connectivity index (χ0n) is 13.4. The Morgan fingerprint density at radius 2 is 2.14 bits per heavy atom. The Balaban J connectivity index is 1.82. The van der Waals surface area contributed by atoms with Gasteiger partial charge in [0.2, 0.25) is 5.13 Å². The number of hydrogen-bond donors (Lipinski definition) is 1. The molecule has 5 heteroatoms. The van der Waals surface area contributed by atoms with Crippen LogP contribution in [0.5, 0.6) is 0 Å². The molecule has 2 aliphatic rings. The summed E-state index contributed by atoms with van der Waals surface area (Å²) in [7, 11) is 0. The van der Waals surface area contributed by atoms with Crippen molar-refractivity contribution in [1.29, 1.82) is 0 Å². The summed E-state index contributed by atoms with van der Waals surface area (Å²) in [6, 6.07) is 0. The first-order chi connectivity index (χ1) is 9.75. The smallest absolute Gasteiger partial charge is 0.204 e. The van der Waals surface area contributed by atoms with Gasteiger partial charge in [0.1, 0.15) is 0 Å². The van der Waals surface area contributed by atoms with Crippen LogP contribution in [0.3, 0.4) is 0 Å². The van der Waals surface area contributed by atoms with Gasteiger partial charge in [0.15, 0.2) is 5.78 Å². The normalized spacial score (nSPS) is 31.9. The van der Waals surface area contributed by atoms with E-state index >= 15 is 0 Å². The highest BCUT2D eigenvalue weighted by Crippen LogP contribution is 2.63. The number of aromatic nitrogens is 1. The van der Waals surface area contributed by atoms with Crippen LogP contribution in [0.2, 0.25) is 0 Å². The maximum Gasteiger partial charge on any atom is 0.204 e. The molecule has 0 spiro atoms. The number of hydrazone groups is 1. The number of ketones is 1. The second-order valence-corrected chi connectivity index (χ2v) is 8.15. The molecule has 3 rings (SSSR count). The third-order valence-electron chi connectivity index (χ3n) is 5.92. The molecule has 21 heavy (non-hydrogen) atoms. The number of nitrogens with zero attached hydrogens (tertiary/aromatic N) is 2. The molecule has 0 radical (unpaired) electrons. The van der Waals surface area contributed by atoms with Crippen LogP contribution in [0, 0.1) is 23.7 Å². The van der Waals surface area contributed by atoms with E-state index in [1.54, 1.807) is 6.92 Å². The number of Topliss-reactive ketones (excluding diaryl/α,β-unsaturated/α-hetero) is 1. The summed E-state index contributed by atoms with van der Waals surface area (Å²) >= 11 is 1.39. The lowest BCUT2D eigenvalue weighted by Gasteiger charge is -2.34. The van der Waals surface area contributed by atoms with Gasteiger partial charge in [-0.25, -0.2) is 4.98 Å². The van der Waals surface area contributed by atoms with Crippen molar-refractivity contribution in [3.8, 4) is 0 Å². The van der Waals surface area contributed by atoms with Gasteiger partial charge in [-0.3, -0.25) is 10.2 Å². The Bertz CT molecular complexity index is 631. The van der Waals surface area contributed by atoms with E-state index in [4.69, 9.17) is 0 Å². The SMILES string of the molecule is CC(=O)c1sc(N/N=C2\C[C@@H]3CC[C@@]2(C)C3(C)C)nc1C. The van der Waals surface area contributed by atoms with E-state index in [1.807, 2.05) is 6.92 Å². The number of carbonyl (C=O) groups is 1. The zero-order valence-corrected chi connectivity index (χ0v) is 14.2. The summed E-state index contributed by atoms with van der Waals surface area (Å²) in [4.78, 5) is 16.6. The molecule has 2 saturated carbocycles. The Morgan fingerprint density at radius 3 is 2.62 bits per heavy atom. The molecule has 0 saturated heterocycles. The molecule has 2 atom stereocenters. The topological polar surface area (TPSA) is 54.4 Å². The van der Waals surface area contributed by atoms with Crippen LogP contribution in [-0.4, -0.2) is 16.5 Å². The maximum absolute atomic E-state index is 11.5. The van der Waals surface area contributed by atoms with Crippen molar-refractivity contribution in [1.82, 2.24) is 4.98 Å². The number of nitrogens with one attached hydrogen (secondary N) is 1. The first-order valence-electron chi connectivity index (χ1n) is 7.57. The van der Waals surface area contributed by atoms with E-state index in [0.717, 1.165) is 28.0 Å². The van der Waals surface area contributed by atoms with E-state index < -0.39 is 0 Å². The summed E-state index contributed by atoms with van der Waals surface area (Å²) in [5.41, 5.74) is 5.67. The van der Waals surface area contributed by atoms with Crippen molar-refractivity contribution in [2.24, 2.45) is 21.8 Å². The third kappa shape index (κ3) is 2.05. The number of rotatable bonds is 3.